The van der Waals surface area contributed by atoms with E-state index in [-0.39, 0.29) is 11.7 Å². The molecule has 1 aliphatic carbocycles. The average molecular weight is 323 g/mol. The number of aldehydes is 1. The van der Waals surface area contributed by atoms with Gasteiger partial charge in [0.05, 0.1) is 5.56 Å². The van der Waals surface area contributed by atoms with Crippen molar-refractivity contribution in [3.63, 3.8) is 0 Å². The monoisotopic (exact) mass is 323 g/mol. The first-order valence-corrected chi connectivity index (χ1v) is 8.18. The van der Waals surface area contributed by atoms with E-state index in [0.717, 1.165) is 35.2 Å². The zero-order valence-electron chi connectivity index (χ0n) is 13.7. The molecule has 124 valence electrons. The Morgan fingerprint density at radius 3 is 2.79 bits per heavy atom. The average Bonchev–Trinajstić information content (AvgIpc) is 2.52. The number of hydrogen-bond acceptors (Lipinski definition) is 4. The molecule has 5 nitrogen and oxygen atoms in total. The smallest absolute Gasteiger partial charge is 0.224 e. The van der Waals surface area contributed by atoms with Gasteiger partial charge in [-0.05, 0) is 55.0 Å². The molecule has 5 heteroatoms. The van der Waals surface area contributed by atoms with E-state index in [2.05, 4.69) is 10.3 Å². The molecule has 1 saturated carbocycles. The molecule has 0 saturated heterocycles. The number of rotatable bonds is 5. The number of anilines is 2. The van der Waals surface area contributed by atoms with Gasteiger partial charge in [-0.3, -0.25) is 9.59 Å². The first kappa shape index (κ1) is 16.2. The molecule has 1 aliphatic rings. The third-order valence-corrected chi connectivity index (χ3v) is 4.60. The summed E-state index contributed by atoms with van der Waals surface area (Å²) in [6.07, 6.45) is 6.52. The molecular weight excluding hydrogens is 302 g/mol. The number of nitrogens with one attached hydrogen (secondary N) is 1. The van der Waals surface area contributed by atoms with Gasteiger partial charge in [0.1, 0.15) is 5.82 Å². The summed E-state index contributed by atoms with van der Waals surface area (Å²) < 4.78 is 0. The Morgan fingerprint density at radius 1 is 1.38 bits per heavy atom. The molecule has 1 heterocycles. The van der Waals surface area contributed by atoms with Crippen LogP contribution < -0.4 is 11.1 Å². The molecule has 1 fully saturated rings. The van der Waals surface area contributed by atoms with Crippen molar-refractivity contribution in [2.75, 3.05) is 11.1 Å². The van der Waals surface area contributed by atoms with E-state index in [1.807, 2.05) is 25.1 Å². The van der Waals surface area contributed by atoms with Crippen LogP contribution in [-0.4, -0.2) is 17.2 Å². The highest BCUT2D eigenvalue weighted by molar-refractivity contribution is 5.91. The van der Waals surface area contributed by atoms with E-state index in [0.29, 0.717) is 24.2 Å². The first-order chi connectivity index (χ1) is 11.6. The summed E-state index contributed by atoms with van der Waals surface area (Å²) in [5.41, 5.74) is 9.62. The zero-order chi connectivity index (χ0) is 17.1. The largest absolute Gasteiger partial charge is 0.383 e. The van der Waals surface area contributed by atoms with Crippen molar-refractivity contribution in [3.8, 4) is 11.1 Å². The van der Waals surface area contributed by atoms with Crippen molar-refractivity contribution < 1.29 is 9.59 Å². The van der Waals surface area contributed by atoms with Gasteiger partial charge in [0.2, 0.25) is 5.91 Å². The minimum atomic E-state index is 0.0734. The Hall–Kier alpha value is -2.69. The predicted molar refractivity (Wildman–Crippen MR) is 94.8 cm³/mol. The summed E-state index contributed by atoms with van der Waals surface area (Å²) in [4.78, 5) is 27.1. The highest BCUT2D eigenvalue weighted by atomic mass is 16.1. The van der Waals surface area contributed by atoms with Crippen molar-refractivity contribution in [1.82, 2.24) is 4.98 Å². The van der Waals surface area contributed by atoms with E-state index >= 15 is 0 Å². The molecular formula is C19H21N3O2. The molecule has 3 N–H and O–H groups in total. The SMILES string of the molecule is Cc1cc(NC(=O)CC2CCC2)ccc1-c1cnc(N)c(C=O)c1. The third-order valence-electron chi connectivity index (χ3n) is 4.60. The minimum Gasteiger partial charge on any atom is -0.383 e. The van der Waals surface area contributed by atoms with Gasteiger partial charge in [-0.25, -0.2) is 4.98 Å². The van der Waals surface area contributed by atoms with Crippen LogP contribution in [0.1, 0.15) is 41.6 Å². The van der Waals surface area contributed by atoms with Gasteiger partial charge < -0.3 is 11.1 Å². The lowest BCUT2D eigenvalue weighted by atomic mass is 9.83. The molecule has 1 aromatic heterocycles. The van der Waals surface area contributed by atoms with Crippen LogP contribution in [-0.2, 0) is 4.79 Å². The molecule has 24 heavy (non-hydrogen) atoms. The number of carbonyl (C=O) groups excluding carboxylic acids is 2. The van der Waals surface area contributed by atoms with Crippen LogP contribution in [0.2, 0.25) is 0 Å². The number of nitrogens with zero attached hydrogens (tertiary/aromatic N) is 1. The van der Waals surface area contributed by atoms with Crippen LogP contribution in [0.25, 0.3) is 11.1 Å². The number of hydrogen-bond donors (Lipinski definition) is 2. The summed E-state index contributed by atoms with van der Waals surface area (Å²) in [6.45, 7) is 1.97. The van der Waals surface area contributed by atoms with Gasteiger partial charge in [-0.2, -0.15) is 0 Å². The van der Waals surface area contributed by atoms with Crippen molar-refractivity contribution in [3.05, 3.63) is 41.6 Å². The van der Waals surface area contributed by atoms with Crippen LogP contribution in [0.4, 0.5) is 11.5 Å². The van der Waals surface area contributed by atoms with Gasteiger partial charge in [-0.1, -0.05) is 12.5 Å². The Labute approximate surface area is 141 Å². The lowest BCUT2D eigenvalue weighted by Crippen LogP contribution is -2.20. The molecule has 0 radical (unpaired) electrons. The molecule has 1 aromatic carbocycles. The zero-order valence-corrected chi connectivity index (χ0v) is 13.7. The Bertz CT molecular complexity index is 782. The highest BCUT2D eigenvalue weighted by Gasteiger charge is 2.20. The number of benzene rings is 1. The quantitative estimate of drug-likeness (QED) is 0.824. The number of nitrogen functional groups attached to an aromatic ring is 1. The van der Waals surface area contributed by atoms with Gasteiger partial charge >= 0.3 is 0 Å². The second-order valence-electron chi connectivity index (χ2n) is 6.40. The lowest BCUT2D eigenvalue weighted by molar-refractivity contribution is -0.117. The maximum Gasteiger partial charge on any atom is 0.224 e. The van der Waals surface area contributed by atoms with E-state index in [1.54, 1.807) is 12.3 Å². The van der Waals surface area contributed by atoms with Crippen molar-refractivity contribution in [1.29, 1.82) is 0 Å². The number of pyridine rings is 1. The fourth-order valence-electron chi connectivity index (χ4n) is 2.97. The normalized spacial score (nSPS) is 14.0. The van der Waals surface area contributed by atoms with Gasteiger partial charge in [0.15, 0.2) is 6.29 Å². The summed E-state index contributed by atoms with van der Waals surface area (Å²) in [7, 11) is 0. The molecule has 2 aromatic rings. The standard InChI is InChI=1S/C19H21N3O2/c1-12-7-16(22-18(24)8-13-3-2-4-13)5-6-17(12)14-9-15(11-23)19(20)21-10-14/h5-7,9-11,13H,2-4,8H2,1H3,(H2,20,21)(H,22,24). The fourth-order valence-corrected chi connectivity index (χ4v) is 2.97. The number of aromatic nitrogens is 1. The summed E-state index contributed by atoms with van der Waals surface area (Å²) >= 11 is 0. The van der Waals surface area contributed by atoms with Crippen LogP contribution in [0.5, 0.6) is 0 Å². The van der Waals surface area contributed by atoms with Crippen molar-refractivity contribution in [2.24, 2.45) is 5.92 Å². The van der Waals surface area contributed by atoms with Crippen LogP contribution in [0.15, 0.2) is 30.5 Å². The molecule has 0 aliphatic heterocycles. The van der Waals surface area contributed by atoms with Crippen LogP contribution in [0, 0.1) is 12.8 Å². The maximum absolute atomic E-state index is 12.0. The molecule has 0 atom stereocenters. The summed E-state index contributed by atoms with van der Waals surface area (Å²) in [5.74, 6) is 0.850. The molecule has 0 bridgehead atoms. The van der Waals surface area contributed by atoms with E-state index in [4.69, 9.17) is 5.73 Å². The van der Waals surface area contributed by atoms with Crippen LogP contribution in [0.3, 0.4) is 0 Å². The third kappa shape index (κ3) is 3.45. The first-order valence-electron chi connectivity index (χ1n) is 8.18. The van der Waals surface area contributed by atoms with Crippen molar-refractivity contribution in [2.45, 2.75) is 32.6 Å². The topological polar surface area (TPSA) is 85.1 Å². The van der Waals surface area contributed by atoms with E-state index in [9.17, 15) is 9.59 Å². The van der Waals surface area contributed by atoms with Gasteiger partial charge in [0, 0.05) is 23.9 Å². The number of carbonyl (C=O) groups is 2. The molecule has 1 amide bonds. The van der Waals surface area contributed by atoms with Gasteiger partial charge in [0.25, 0.3) is 0 Å². The Morgan fingerprint density at radius 2 is 2.17 bits per heavy atom. The van der Waals surface area contributed by atoms with Gasteiger partial charge in [-0.15, -0.1) is 0 Å². The molecule has 0 spiro atoms. The number of aryl methyl sites for hydroxylation is 1. The number of nitrogens with two attached hydrogens (primary N) is 1. The number of amides is 1. The van der Waals surface area contributed by atoms with E-state index < -0.39 is 0 Å². The lowest BCUT2D eigenvalue weighted by Gasteiger charge is -2.24. The van der Waals surface area contributed by atoms with E-state index in [1.165, 1.54) is 6.42 Å². The Balaban J connectivity index is 1.76. The minimum absolute atomic E-state index is 0.0734. The summed E-state index contributed by atoms with van der Waals surface area (Å²) in [5, 5.41) is 2.96. The molecule has 0 unspecified atom stereocenters. The second-order valence-corrected chi connectivity index (χ2v) is 6.40. The summed E-state index contributed by atoms with van der Waals surface area (Å²) in [6, 6.07) is 7.46. The highest BCUT2D eigenvalue weighted by Crippen LogP contribution is 2.30. The molecule has 3 rings (SSSR count). The second kappa shape index (κ2) is 6.83. The maximum atomic E-state index is 12.0. The van der Waals surface area contributed by atoms with Crippen molar-refractivity contribution >= 4 is 23.7 Å². The fraction of sp³-hybridized carbons (Fsp3) is 0.316. The predicted octanol–water partition coefficient (Wildman–Crippen LogP) is 3.58. The Kier molecular flexibility index (Phi) is 4.60. The van der Waals surface area contributed by atoms with Crippen LogP contribution >= 0.6 is 0 Å².